The van der Waals surface area contributed by atoms with E-state index in [9.17, 15) is 0 Å². The van der Waals surface area contributed by atoms with Crippen molar-refractivity contribution in [3.8, 4) is 0 Å². The van der Waals surface area contributed by atoms with Crippen LogP contribution in [0.1, 0.15) is 69.0 Å². The van der Waals surface area contributed by atoms with E-state index in [-0.39, 0.29) is 5.41 Å². The summed E-state index contributed by atoms with van der Waals surface area (Å²) in [6, 6.07) is 1.43. The van der Waals surface area contributed by atoms with Crippen LogP contribution in [0.4, 0.5) is 0 Å². The smallest absolute Gasteiger partial charge is 0.234 e. The Hall–Kier alpha value is -0.940. The molecule has 3 fully saturated rings. The Balaban J connectivity index is 1.55. The summed E-state index contributed by atoms with van der Waals surface area (Å²) < 4.78 is 5.66. The standard InChI is InChI=1S/C16H26N4O/c1-20-12-4-5-13(20)9-11(8-12)14-18-15(21-19-14)16(10-17)6-2-3-7-16/h11-13H,2-10,17H2,1H3. The highest BCUT2D eigenvalue weighted by Crippen LogP contribution is 2.43. The fourth-order valence-corrected chi connectivity index (χ4v) is 4.80. The normalized spacial score (nSPS) is 35.4. The van der Waals surface area contributed by atoms with Crippen molar-refractivity contribution in [2.24, 2.45) is 5.73 Å². The summed E-state index contributed by atoms with van der Waals surface area (Å²) in [5, 5.41) is 4.34. The van der Waals surface area contributed by atoms with Crippen LogP contribution in [0.5, 0.6) is 0 Å². The largest absolute Gasteiger partial charge is 0.339 e. The molecule has 5 heteroatoms. The van der Waals surface area contributed by atoms with E-state index in [1.54, 1.807) is 0 Å². The van der Waals surface area contributed by atoms with Crippen LogP contribution in [-0.4, -0.2) is 40.7 Å². The molecule has 1 aliphatic carbocycles. The first-order valence-electron chi connectivity index (χ1n) is 8.48. The molecule has 3 heterocycles. The zero-order valence-corrected chi connectivity index (χ0v) is 12.9. The Morgan fingerprint density at radius 1 is 1.24 bits per heavy atom. The SMILES string of the molecule is CN1C2CCC1CC(c1noc(C3(CN)CCCC3)n1)C2. The van der Waals surface area contributed by atoms with Gasteiger partial charge in [0.25, 0.3) is 0 Å². The summed E-state index contributed by atoms with van der Waals surface area (Å²) in [6.45, 7) is 0.632. The van der Waals surface area contributed by atoms with E-state index in [2.05, 4.69) is 17.1 Å². The quantitative estimate of drug-likeness (QED) is 0.924. The molecule has 2 aliphatic heterocycles. The van der Waals surface area contributed by atoms with Crippen LogP contribution >= 0.6 is 0 Å². The summed E-state index contributed by atoms with van der Waals surface area (Å²) in [5.41, 5.74) is 5.99. The molecule has 4 rings (SSSR count). The van der Waals surface area contributed by atoms with E-state index in [4.69, 9.17) is 15.2 Å². The molecule has 2 saturated heterocycles. The first kappa shape index (κ1) is 13.7. The number of hydrogen-bond donors (Lipinski definition) is 1. The van der Waals surface area contributed by atoms with Crippen LogP contribution in [-0.2, 0) is 5.41 Å². The third-order valence-electron chi connectivity index (χ3n) is 6.31. The molecule has 0 aromatic carbocycles. The summed E-state index contributed by atoms with van der Waals surface area (Å²) in [5.74, 6) is 2.23. The molecule has 2 bridgehead atoms. The highest BCUT2D eigenvalue weighted by Gasteiger charge is 2.43. The molecular weight excluding hydrogens is 264 g/mol. The first-order chi connectivity index (χ1) is 10.2. The topological polar surface area (TPSA) is 68.2 Å². The van der Waals surface area contributed by atoms with E-state index in [0.29, 0.717) is 24.5 Å². The average molecular weight is 290 g/mol. The number of nitrogens with two attached hydrogens (primary N) is 1. The second-order valence-electron chi connectivity index (χ2n) is 7.37. The Labute approximate surface area is 126 Å². The van der Waals surface area contributed by atoms with Gasteiger partial charge in [0.1, 0.15) is 0 Å². The number of rotatable bonds is 3. The number of hydrogen-bond acceptors (Lipinski definition) is 5. The second-order valence-corrected chi connectivity index (χ2v) is 7.37. The fraction of sp³-hybridized carbons (Fsp3) is 0.875. The third-order valence-corrected chi connectivity index (χ3v) is 6.31. The van der Waals surface area contributed by atoms with Crippen LogP contribution in [0.25, 0.3) is 0 Å². The number of fused-ring (bicyclic) bond motifs is 2. The van der Waals surface area contributed by atoms with Gasteiger partial charge in [0.2, 0.25) is 5.89 Å². The van der Waals surface area contributed by atoms with Gasteiger partial charge in [0, 0.05) is 24.5 Å². The van der Waals surface area contributed by atoms with Gasteiger partial charge in [-0.1, -0.05) is 18.0 Å². The molecule has 1 saturated carbocycles. The molecule has 0 amide bonds. The molecule has 1 aromatic heterocycles. The lowest BCUT2D eigenvalue weighted by Gasteiger charge is -2.34. The van der Waals surface area contributed by atoms with Crippen molar-refractivity contribution < 1.29 is 4.52 Å². The maximum Gasteiger partial charge on any atom is 0.234 e. The average Bonchev–Trinajstić information content (AvgIpc) is 3.19. The van der Waals surface area contributed by atoms with Crippen molar-refractivity contribution in [3.63, 3.8) is 0 Å². The van der Waals surface area contributed by atoms with Crippen molar-refractivity contribution in [1.82, 2.24) is 15.0 Å². The highest BCUT2D eigenvalue weighted by atomic mass is 16.5. The lowest BCUT2D eigenvalue weighted by atomic mass is 9.86. The van der Waals surface area contributed by atoms with E-state index in [0.717, 1.165) is 24.6 Å². The van der Waals surface area contributed by atoms with Crippen LogP contribution < -0.4 is 5.73 Å². The zero-order chi connectivity index (χ0) is 14.4. The summed E-state index contributed by atoms with van der Waals surface area (Å²) in [4.78, 5) is 7.36. The van der Waals surface area contributed by atoms with Gasteiger partial charge >= 0.3 is 0 Å². The summed E-state index contributed by atoms with van der Waals surface area (Å²) >= 11 is 0. The Morgan fingerprint density at radius 3 is 2.52 bits per heavy atom. The molecule has 2 unspecified atom stereocenters. The Bertz CT molecular complexity index is 494. The van der Waals surface area contributed by atoms with E-state index in [1.165, 1.54) is 38.5 Å². The second kappa shape index (κ2) is 5.06. The van der Waals surface area contributed by atoms with Crippen molar-refractivity contribution in [3.05, 3.63) is 11.7 Å². The monoisotopic (exact) mass is 290 g/mol. The molecule has 5 nitrogen and oxygen atoms in total. The van der Waals surface area contributed by atoms with E-state index < -0.39 is 0 Å². The van der Waals surface area contributed by atoms with Gasteiger partial charge in [-0.2, -0.15) is 4.98 Å². The Kier molecular flexibility index (Phi) is 3.30. The van der Waals surface area contributed by atoms with Gasteiger partial charge in [-0.3, -0.25) is 0 Å². The highest BCUT2D eigenvalue weighted by molar-refractivity contribution is 5.12. The van der Waals surface area contributed by atoms with Gasteiger partial charge in [-0.25, -0.2) is 0 Å². The first-order valence-corrected chi connectivity index (χ1v) is 8.48. The zero-order valence-electron chi connectivity index (χ0n) is 12.9. The van der Waals surface area contributed by atoms with Crippen molar-refractivity contribution >= 4 is 0 Å². The summed E-state index contributed by atoms with van der Waals surface area (Å²) in [7, 11) is 2.27. The number of piperidine rings is 1. The van der Waals surface area contributed by atoms with Crippen LogP contribution in [0.15, 0.2) is 4.52 Å². The summed E-state index contributed by atoms with van der Waals surface area (Å²) in [6.07, 6.45) is 9.68. The molecule has 2 N–H and O–H groups in total. The molecule has 1 aromatic rings. The van der Waals surface area contributed by atoms with Gasteiger partial charge in [-0.05, 0) is 45.6 Å². The number of aromatic nitrogens is 2. The van der Waals surface area contributed by atoms with Crippen LogP contribution in [0.2, 0.25) is 0 Å². The predicted octanol–water partition coefficient (Wildman–Crippen LogP) is 2.18. The molecule has 0 radical (unpaired) electrons. The minimum absolute atomic E-state index is 0.0321. The maximum atomic E-state index is 6.03. The number of nitrogens with zero attached hydrogens (tertiary/aromatic N) is 3. The molecule has 21 heavy (non-hydrogen) atoms. The third kappa shape index (κ3) is 2.13. The minimum atomic E-state index is -0.0321. The van der Waals surface area contributed by atoms with Gasteiger partial charge < -0.3 is 15.2 Å². The molecule has 0 spiro atoms. The van der Waals surface area contributed by atoms with Gasteiger partial charge in [0.05, 0.1) is 5.41 Å². The predicted molar refractivity (Wildman–Crippen MR) is 80.0 cm³/mol. The van der Waals surface area contributed by atoms with Crippen molar-refractivity contribution in [2.45, 2.75) is 74.8 Å². The molecule has 2 atom stereocenters. The molecule has 116 valence electrons. The van der Waals surface area contributed by atoms with Gasteiger partial charge in [-0.15, -0.1) is 0 Å². The molecular formula is C16H26N4O. The minimum Gasteiger partial charge on any atom is -0.339 e. The van der Waals surface area contributed by atoms with Crippen molar-refractivity contribution in [2.75, 3.05) is 13.6 Å². The lowest BCUT2D eigenvalue weighted by Crippen LogP contribution is -2.39. The maximum absolute atomic E-state index is 6.03. The Morgan fingerprint density at radius 2 is 1.90 bits per heavy atom. The lowest BCUT2D eigenvalue weighted by molar-refractivity contribution is 0.157. The van der Waals surface area contributed by atoms with Crippen molar-refractivity contribution in [1.29, 1.82) is 0 Å². The van der Waals surface area contributed by atoms with E-state index >= 15 is 0 Å². The molecule has 3 aliphatic rings. The van der Waals surface area contributed by atoms with Crippen LogP contribution in [0.3, 0.4) is 0 Å². The fourth-order valence-electron chi connectivity index (χ4n) is 4.80. The van der Waals surface area contributed by atoms with Crippen LogP contribution in [0, 0.1) is 0 Å². The van der Waals surface area contributed by atoms with Gasteiger partial charge in [0.15, 0.2) is 5.82 Å². The van der Waals surface area contributed by atoms with E-state index in [1.807, 2.05) is 0 Å².